The summed E-state index contributed by atoms with van der Waals surface area (Å²) in [5.41, 5.74) is 3.78. The highest BCUT2D eigenvalue weighted by Gasteiger charge is 2.13. The minimum absolute atomic E-state index is 0.362. The molecule has 0 unspecified atom stereocenters. The molecule has 0 atom stereocenters. The standard InChI is InChI=1S/C18H15N3O2/c1-3-21-16-9-4-12(11-19)10-15(16)20-17(21)13-5-7-14(8-6-13)18(22)23-2/h4-10H,3H2,1-2H3. The first-order valence-electron chi connectivity index (χ1n) is 7.27. The van der Waals surface area contributed by atoms with Crippen molar-refractivity contribution in [2.75, 3.05) is 7.11 Å². The van der Waals surface area contributed by atoms with Crippen molar-refractivity contribution >= 4 is 17.0 Å². The fourth-order valence-electron chi connectivity index (χ4n) is 2.61. The molecule has 0 N–H and O–H groups in total. The number of esters is 1. The van der Waals surface area contributed by atoms with Crippen LogP contribution in [0, 0.1) is 11.3 Å². The van der Waals surface area contributed by atoms with Crippen molar-refractivity contribution in [3.63, 3.8) is 0 Å². The van der Waals surface area contributed by atoms with E-state index in [4.69, 9.17) is 10.00 Å². The summed E-state index contributed by atoms with van der Waals surface area (Å²) in [5, 5.41) is 9.02. The van der Waals surface area contributed by atoms with E-state index in [1.54, 1.807) is 24.3 Å². The maximum absolute atomic E-state index is 11.5. The average Bonchev–Trinajstić information content (AvgIpc) is 2.98. The summed E-state index contributed by atoms with van der Waals surface area (Å²) in [6, 6.07) is 14.8. The Morgan fingerprint density at radius 3 is 2.61 bits per heavy atom. The number of aryl methyl sites for hydroxylation is 1. The van der Waals surface area contributed by atoms with Gasteiger partial charge in [-0.3, -0.25) is 0 Å². The lowest BCUT2D eigenvalue weighted by Gasteiger charge is -2.06. The predicted octanol–water partition coefficient (Wildman–Crippen LogP) is 3.38. The third-order valence-electron chi connectivity index (χ3n) is 3.76. The van der Waals surface area contributed by atoms with Gasteiger partial charge in [-0.1, -0.05) is 12.1 Å². The van der Waals surface area contributed by atoms with E-state index in [2.05, 4.69) is 15.6 Å². The average molecular weight is 305 g/mol. The second-order valence-corrected chi connectivity index (χ2v) is 5.06. The minimum atomic E-state index is -0.362. The molecule has 0 aliphatic carbocycles. The Balaban J connectivity index is 2.12. The monoisotopic (exact) mass is 305 g/mol. The van der Waals surface area contributed by atoms with Gasteiger partial charge in [0.25, 0.3) is 0 Å². The Labute approximate surface area is 133 Å². The molecule has 0 aliphatic rings. The van der Waals surface area contributed by atoms with Crippen molar-refractivity contribution in [3.8, 4) is 17.5 Å². The van der Waals surface area contributed by atoms with Crippen LogP contribution in [0.4, 0.5) is 0 Å². The number of hydrogen-bond donors (Lipinski definition) is 0. The van der Waals surface area contributed by atoms with Gasteiger partial charge in [0, 0.05) is 12.1 Å². The summed E-state index contributed by atoms with van der Waals surface area (Å²) in [4.78, 5) is 16.2. The van der Waals surface area contributed by atoms with Crippen LogP contribution in [0.15, 0.2) is 42.5 Å². The van der Waals surface area contributed by atoms with E-state index in [1.807, 2.05) is 25.1 Å². The zero-order valence-corrected chi connectivity index (χ0v) is 12.9. The van der Waals surface area contributed by atoms with Gasteiger partial charge in [-0.25, -0.2) is 9.78 Å². The molecule has 2 aromatic carbocycles. The summed E-state index contributed by atoms with van der Waals surface area (Å²) in [7, 11) is 1.36. The lowest BCUT2D eigenvalue weighted by molar-refractivity contribution is 0.0601. The fraction of sp³-hybridized carbons (Fsp3) is 0.167. The van der Waals surface area contributed by atoms with Crippen LogP contribution in [0.5, 0.6) is 0 Å². The van der Waals surface area contributed by atoms with Crippen LogP contribution in [0.2, 0.25) is 0 Å². The number of carbonyl (C=O) groups is 1. The second-order valence-electron chi connectivity index (χ2n) is 5.06. The molecule has 0 saturated heterocycles. The molecule has 114 valence electrons. The molecular formula is C18H15N3O2. The number of imidazole rings is 1. The molecule has 1 aromatic heterocycles. The summed E-state index contributed by atoms with van der Waals surface area (Å²) >= 11 is 0. The Morgan fingerprint density at radius 2 is 2.00 bits per heavy atom. The van der Waals surface area contributed by atoms with Crippen molar-refractivity contribution < 1.29 is 9.53 Å². The predicted molar refractivity (Wildman–Crippen MR) is 86.9 cm³/mol. The molecule has 5 heteroatoms. The van der Waals surface area contributed by atoms with Gasteiger partial charge in [-0.05, 0) is 37.3 Å². The molecule has 0 bridgehead atoms. The van der Waals surface area contributed by atoms with E-state index in [0.29, 0.717) is 11.1 Å². The van der Waals surface area contributed by atoms with Crippen LogP contribution >= 0.6 is 0 Å². The van der Waals surface area contributed by atoms with E-state index in [-0.39, 0.29) is 5.97 Å². The lowest BCUT2D eigenvalue weighted by Crippen LogP contribution is -2.01. The Kier molecular flexibility index (Phi) is 3.82. The van der Waals surface area contributed by atoms with Crippen LogP contribution in [0.1, 0.15) is 22.8 Å². The number of aromatic nitrogens is 2. The van der Waals surface area contributed by atoms with Crippen molar-refractivity contribution in [2.45, 2.75) is 13.5 Å². The SMILES string of the molecule is CCn1c(-c2ccc(C(=O)OC)cc2)nc2cc(C#N)ccc21. The van der Waals surface area contributed by atoms with Crippen LogP contribution in [0.25, 0.3) is 22.4 Å². The molecule has 1 heterocycles. The smallest absolute Gasteiger partial charge is 0.337 e. The molecule has 0 saturated carbocycles. The second kappa shape index (κ2) is 5.93. The number of carbonyl (C=O) groups excluding carboxylic acids is 1. The van der Waals surface area contributed by atoms with E-state index in [1.165, 1.54) is 7.11 Å². The maximum atomic E-state index is 11.5. The number of nitrogens with zero attached hydrogens (tertiary/aromatic N) is 3. The zero-order valence-electron chi connectivity index (χ0n) is 12.9. The summed E-state index contributed by atoms with van der Waals surface area (Å²) in [6.07, 6.45) is 0. The van der Waals surface area contributed by atoms with E-state index in [9.17, 15) is 4.79 Å². The first-order valence-corrected chi connectivity index (χ1v) is 7.27. The number of hydrogen-bond acceptors (Lipinski definition) is 4. The van der Waals surface area contributed by atoms with Crippen LogP contribution in [0.3, 0.4) is 0 Å². The highest BCUT2D eigenvalue weighted by molar-refractivity contribution is 5.90. The quantitative estimate of drug-likeness (QED) is 0.696. The van der Waals surface area contributed by atoms with E-state index in [0.717, 1.165) is 29.0 Å². The minimum Gasteiger partial charge on any atom is -0.465 e. The summed E-state index contributed by atoms with van der Waals surface area (Å²) in [5.74, 6) is 0.452. The van der Waals surface area contributed by atoms with Crippen LogP contribution < -0.4 is 0 Å². The first-order chi connectivity index (χ1) is 11.2. The van der Waals surface area contributed by atoms with Gasteiger partial charge in [0.15, 0.2) is 0 Å². The molecule has 3 rings (SSSR count). The van der Waals surface area contributed by atoms with Gasteiger partial charge in [-0.15, -0.1) is 0 Å². The number of ether oxygens (including phenoxy) is 1. The molecule has 5 nitrogen and oxygen atoms in total. The largest absolute Gasteiger partial charge is 0.465 e. The molecule has 0 amide bonds. The Hall–Kier alpha value is -3.13. The molecule has 0 aliphatic heterocycles. The number of nitriles is 1. The highest BCUT2D eigenvalue weighted by atomic mass is 16.5. The van der Waals surface area contributed by atoms with Gasteiger partial charge in [0.2, 0.25) is 0 Å². The molecule has 23 heavy (non-hydrogen) atoms. The molecule has 0 fully saturated rings. The number of fused-ring (bicyclic) bond motifs is 1. The topological polar surface area (TPSA) is 67.9 Å². The molecule has 0 spiro atoms. The van der Waals surface area contributed by atoms with Gasteiger partial charge in [0.05, 0.1) is 35.3 Å². The number of benzene rings is 2. The van der Waals surface area contributed by atoms with Crippen LogP contribution in [-0.4, -0.2) is 22.6 Å². The van der Waals surface area contributed by atoms with Crippen molar-refractivity contribution in [1.82, 2.24) is 9.55 Å². The Bertz CT molecular complexity index is 918. The van der Waals surface area contributed by atoms with Gasteiger partial charge in [0.1, 0.15) is 5.82 Å². The fourth-order valence-corrected chi connectivity index (χ4v) is 2.61. The van der Waals surface area contributed by atoms with Crippen molar-refractivity contribution in [1.29, 1.82) is 5.26 Å². The molecule has 3 aromatic rings. The lowest BCUT2D eigenvalue weighted by atomic mass is 10.1. The van der Waals surface area contributed by atoms with Gasteiger partial charge < -0.3 is 9.30 Å². The van der Waals surface area contributed by atoms with Crippen molar-refractivity contribution in [2.24, 2.45) is 0 Å². The molecule has 0 radical (unpaired) electrons. The van der Waals surface area contributed by atoms with Gasteiger partial charge >= 0.3 is 5.97 Å². The first kappa shape index (κ1) is 14.8. The van der Waals surface area contributed by atoms with Crippen LogP contribution in [-0.2, 0) is 11.3 Å². The third-order valence-corrected chi connectivity index (χ3v) is 3.76. The van der Waals surface area contributed by atoms with E-state index >= 15 is 0 Å². The highest BCUT2D eigenvalue weighted by Crippen LogP contribution is 2.26. The number of methoxy groups -OCH3 is 1. The van der Waals surface area contributed by atoms with E-state index < -0.39 is 0 Å². The number of rotatable bonds is 3. The third kappa shape index (κ3) is 2.55. The normalized spacial score (nSPS) is 10.5. The maximum Gasteiger partial charge on any atom is 0.337 e. The zero-order chi connectivity index (χ0) is 16.4. The Morgan fingerprint density at radius 1 is 1.26 bits per heavy atom. The molecular weight excluding hydrogens is 290 g/mol. The van der Waals surface area contributed by atoms with Crippen molar-refractivity contribution in [3.05, 3.63) is 53.6 Å². The summed E-state index contributed by atoms with van der Waals surface area (Å²) < 4.78 is 6.80. The van der Waals surface area contributed by atoms with Gasteiger partial charge in [-0.2, -0.15) is 5.26 Å². The summed E-state index contributed by atoms with van der Waals surface area (Å²) in [6.45, 7) is 2.81.